The fourth-order valence-corrected chi connectivity index (χ4v) is 2.13. The van der Waals surface area contributed by atoms with Crippen molar-refractivity contribution in [3.63, 3.8) is 0 Å². The molecule has 0 aliphatic carbocycles. The van der Waals surface area contributed by atoms with E-state index in [1.807, 2.05) is 13.8 Å². The zero-order chi connectivity index (χ0) is 15.0. The summed E-state index contributed by atoms with van der Waals surface area (Å²) in [5.74, 6) is 0.872. The van der Waals surface area contributed by atoms with Gasteiger partial charge in [-0.25, -0.2) is 0 Å². The number of nitrogens with one attached hydrogen (secondary N) is 1. The lowest BCUT2D eigenvalue weighted by Gasteiger charge is -2.14. The number of hydrogen-bond donors (Lipinski definition) is 2. The summed E-state index contributed by atoms with van der Waals surface area (Å²) in [5.41, 5.74) is 3.31. The van der Waals surface area contributed by atoms with E-state index < -0.39 is 0 Å². The van der Waals surface area contributed by atoms with Gasteiger partial charge in [0.15, 0.2) is 11.5 Å². The SMILES string of the molecule is CCOc1c(Cl)cc(C=NNCCO)c(OCC)c1Cl. The van der Waals surface area contributed by atoms with Crippen LogP contribution in [-0.2, 0) is 0 Å². The third-order valence-electron chi connectivity index (χ3n) is 2.26. The molecule has 0 fully saturated rings. The summed E-state index contributed by atoms with van der Waals surface area (Å²) in [6.45, 7) is 4.98. The molecule has 2 N–H and O–H groups in total. The molecule has 0 spiro atoms. The predicted molar refractivity (Wildman–Crippen MR) is 81.5 cm³/mol. The van der Waals surface area contributed by atoms with Crippen molar-refractivity contribution >= 4 is 29.4 Å². The minimum atomic E-state index is 0.000444. The van der Waals surface area contributed by atoms with Crippen molar-refractivity contribution in [3.05, 3.63) is 21.7 Å². The summed E-state index contributed by atoms with van der Waals surface area (Å²) in [6.07, 6.45) is 1.54. The van der Waals surface area contributed by atoms with E-state index in [4.69, 9.17) is 37.8 Å². The molecule has 0 aliphatic rings. The van der Waals surface area contributed by atoms with Crippen LogP contribution in [0, 0.1) is 0 Å². The van der Waals surface area contributed by atoms with E-state index >= 15 is 0 Å². The maximum atomic E-state index is 8.67. The number of benzene rings is 1. The van der Waals surface area contributed by atoms with Crippen LogP contribution in [0.15, 0.2) is 11.2 Å². The van der Waals surface area contributed by atoms with Crippen LogP contribution in [0.1, 0.15) is 19.4 Å². The lowest BCUT2D eigenvalue weighted by Crippen LogP contribution is -2.11. The standard InChI is InChI=1S/C13H18Cl2N2O3/c1-3-19-12-9(8-17-16-5-6-18)7-10(14)13(11(12)15)20-4-2/h7-8,16,18H,3-6H2,1-2H3. The Morgan fingerprint density at radius 2 is 1.90 bits per heavy atom. The van der Waals surface area contributed by atoms with E-state index in [1.165, 1.54) is 6.21 Å². The molecule has 0 heterocycles. The molecule has 112 valence electrons. The second-order valence-electron chi connectivity index (χ2n) is 3.68. The van der Waals surface area contributed by atoms with Crippen LogP contribution in [0.5, 0.6) is 11.5 Å². The van der Waals surface area contributed by atoms with Crippen molar-refractivity contribution in [1.29, 1.82) is 0 Å². The highest BCUT2D eigenvalue weighted by molar-refractivity contribution is 6.38. The Labute approximate surface area is 128 Å². The van der Waals surface area contributed by atoms with Crippen LogP contribution in [0.3, 0.4) is 0 Å². The van der Waals surface area contributed by atoms with E-state index in [9.17, 15) is 0 Å². The molecule has 0 unspecified atom stereocenters. The van der Waals surface area contributed by atoms with Gasteiger partial charge in [-0.3, -0.25) is 0 Å². The zero-order valence-corrected chi connectivity index (χ0v) is 13.0. The van der Waals surface area contributed by atoms with Gasteiger partial charge in [-0.1, -0.05) is 23.2 Å². The number of rotatable bonds is 8. The minimum Gasteiger partial charge on any atom is -0.491 e. The highest BCUT2D eigenvalue weighted by atomic mass is 35.5. The maximum absolute atomic E-state index is 8.67. The molecule has 1 aromatic carbocycles. The Bertz CT molecular complexity index is 467. The van der Waals surface area contributed by atoms with E-state index in [0.29, 0.717) is 46.9 Å². The van der Waals surface area contributed by atoms with Crippen molar-refractivity contribution in [2.75, 3.05) is 26.4 Å². The van der Waals surface area contributed by atoms with Crippen LogP contribution in [0.2, 0.25) is 10.0 Å². The topological polar surface area (TPSA) is 63.1 Å². The van der Waals surface area contributed by atoms with Crippen molar-refractivity contribution < 1.29 is 14.6 Å². The summed E-state index contributed by atoms with van der Waals surface area (Å²) in [7, 11) is 0. The first-order valence-electron chi connectivity index (χ1n) is 6.30. The van der Waals surface area contributed by atoms with Crippen molar-refractivity contribution in [3.8, 4) is 11.5 Å². The van der Waals surface area contributed by atoms with E-state index in [2.05, 4.69) is 10.5 Å². The van der Waals surface area contributed by atoms with Gasteiger partial charge < -0.3 is 20.0 Å². The zero-order valence-electron chi connectivity index (χ0n) is 11.4. The van der Waals surface area contributed by atoms with E-state index in [0.717, 1.165) is 0 Å². The molecule has 5 nitrogen and oxygen atoms in total. The van der Waals surface area contributed by atoms with E-state index in [-0.39, 0.29) is 6.61 Å². The summed E-state index contributed by atoms with van der Waals surface area (Å²) >= 11 is 12.4. The summed E-state index contributed by atoms with van der Waals surface area (Å²) in [4.78, 5) is 0. The number of aliphatic hydroxyl groups excluding tert-OH is 1. The first kappa shape index (κ1) is 16.9. The normalized spacial score (nSPS) is 10.8. The van der Waals surface area contributed by atoms with Gasteiger partial charge in [0, 0.05) is 5.56 Å². The Morgan fingerprint density at radius 3 is 2.50 bits per heavy atom. The summed E-state index contributed by atoms with van der Waals surface area (Å²) in [5, 5.41) is 13.3. The van der Waals surface area contributed by atoms with Gasteiger partial charge >= 0.3 is 0 Å². The predicted octanol–water partition coefficient (Wildman–Crippen LogP) is 2.71. The molecule has 1 aromatic rings. The summed E-state index contributed by atoms with van der Waals surface area (Å²) in [6, 6.07) is 1.67. The van der Waals surface area contributed by atoms with Gasteiger partial charge in [-0.05, 0) is 19.9 Å². The average molecular weight is 321 g/mol. The minimum absolute atomic E-state index is 0.000444. The summed E-state index contributed by atoms with van der Waals surface area (Å²) < 4.78 is 10.9. The van der Waals surface area contributed by atoms with Crippen LogP contribution < -0.4 is 14.9 Å². The number of hydrogen-bond acceptors (Lipinski definition) is 5. The monoisotopic (exact) mass is 320 g/mol. The van der Waals surface area contributed by atoms with Crippen LogP contribution in [0.4, 0.5) is 0 Å². The molecule has 20 heavy (non-hydrogen) atoms. The molecule has 0 atom stereocenters. The lowest BCUT2D eigenvalue weighted by molar-refractivity contribution is 0.294. The molecular weight excluding hydrogens is 303 g/mol. The first-order chi connectivity index (χ1) is 9.65. The van der Waals surface area contributed by atoms with Crippen LogP contribution in [0.25, 0.3) is 0 Å². The van der Waals surface area contributed by atoms with Gasteiger partial charge in [-0.15, -0.1) is 0 Å². The van der Waals surface area contributed by atoms with Gasteiger partial charge in [0.25, 0.3) is 0 Å². The third kappa shape index (κ3) is 4.44. The molecule has 0 aliphatic heterocycles. The molecule has 0 bridgehead atoms. The van der Waals surface area contributed by atoms with Crippen molar-refractivity contribution in [1.82, 2.24) is 5.43 Å². The Morgan fingerprint density at radius 1 is 1.25 bits per heavy atom. The highest BCUT2D eigenvalue weighted by Crippen LogP contribution is 2.42. The second kappa shape index (κ2) is 8.89. The van der Waals surface area contributed by atoms with Gasteiger partial charge in [-0.2, -0.15) is 5.10 Å². The molecule has 7 heteroatoms. The highest BCUT2D eigenvalue weighted by Gasteiger charge is 2.17. The molecule has 0 amide bonds. The van der Waals surface area contributed by atoms with Gasteiger partial charge in [0.05, 0.1) is 37.6 Å². The molecule has 0 saturated carbocycles. The van der Waals surface area contributed by atoms with Crippen LogP contribution >= 0.6 is 23.2 Å². The number of halogens is 2. The number of hydrazone groups is 1. The second-order valence-corrected chi connectivity index (χ2v) is 4.46. The number of aliphatic hydroxyl groups is 1. The fraction of sp³-hybridized carbons (Fsp3) is 0.462. The lowest BCUT2D eigenvalue weighted by atomic mass is 10.2. The van der Waals surface area contributed by atoms with Gasteiger partial charge in [0.2, 0.25) is 0 Å². The quantitative estimate of drug-likeness (QED) is 0.439. The first-order valence-corrected chi connectivity index (χ1v) is 7.05. The molecule has 0 aromatic heterocycles. The molecule has 0 radical (unpaired) electrons. The average Bonchev–Trinajstić information content (AvgIpc) is 2.43. The maximum Gasteiger partial charge on any atom is 0.160 e. The molecule has 1 rings (SSSR count). The Balaban J connectivity index is 3.12. The van der Waals surface area contributed by atoms with Crippen molar-refractivity contribution in [2.45, 2.75) is 13.8 Å². The fourth-order valence-electron chi connectivity index (χ4n) is 1.50. The molecule has 0 saturated heterocycles. The number of ether oxygens (including phenoxy) is 2. The molecular formula is C13H18Cl2N2O3. The van der Waals surface area contributed by atoms with E-state index in [1.54, 1.807) is 6.07 Å². The largest absolute Gasteiger partial charge is 0.491 e. The van der Waals surface area contributed by atoms with Crippen LogP contribution in [-0.4, -0.2) is 37.7 Å². The smallest absolute Gasteiger partial charge is 0.160 e. The Hall–Kier alpha value is -1.17. The number of nitrogens with zero attached hydrogens (tertiary/aromatic N) is 1. The Kier molecular flexibility index (Phi) is 7.51. The van der Waals surface area contributed by atoms with Gasteiger partial charge in [0.1, 0.15) is 5.02 Å². The third-order valence-corrected chi connectivity index (χ3v) is 2.88. The van der Waals surface area contributed by atoms with Crippen molar-refractivity contribution in [2.24, 2.45) is 5.10 Å².